The van der Waals surface area contributed by atoms with E-state index in [-0.39, 0.29) is 12.8 Å². The van der Waals surface area contributed by atoms with E-state index in [1.165, 1.54) is 0 Å². The molecule has 0 saturated carbocycles. The van der Waals surface area contributed by atoms with Gasteiger partial charge in [0.2, 0.25) is 5.92 Å². The third-order valence-corrected chi connectivity index (χ3v) is 2.10. The summed E-state index contributed by atoms with van der Waals surface area (Å²) >= 11 is 0. The van der Waals surface area contributed by atoms with Gasteiger partial charge in [0.1, 0.15) is 0 Å². The first kappa shape index (κ1) is 12.6. The Balaban J connectivity index is 3.47. The summed E-state index contributed by atoms with van der Waals surface area (Å²) < 4.78 is 26.1. The van der Waals surface area contributed by atoms with Gasteiger partial charge in [0.25, 0.3) is 0 Å². The second-order valence-electron chi connectivity index (χ2n) is 3.49. The zero-order valence-corrected chi connectivity index (χ0v) is 8.49. The molecule has 0 fully saturated rings. The molecule has 0 radical (unpaired) electrons. The maximum absolute atomic E-state index is 13.0. The Bertz CT molecular complexity index is 130. The van der Waals surface area contributed by atoms with E-state index in [0.717, 1.165) is 12.8 Å². The second kappa shape index (κ2) is 7.05. The molecule has 0 amide bonds. The molecule has 13 heavy (non-hydrogen) atoms. The molecule has 0 spiro atoms. The van der Waals surface area contributed by atoms with Crippen LogP contribution < -0.4 is 0 Å². The van der Waals surface area contributed by atoms with Gasteiger partial charge in [-0.05, 0) is 19.3 Å². The number of allylic oxidation sites excluding steroid dienone is 1. The summed E-state index contributed by atoms with van der Waals surface area (Å²) in [6.45, 7) is 5.53. The van der Waals surface area contributed by atoms with Crippen molar-refractivity contribution in [2.45, 2.75) is 57.8 Å². The van der Waals surface area contributed by atoms with E-state index in [2.05, 4.69) is 6.58 Å². The molecular formula is C11H20F2. The van der Waals surface area contributed by atoms with E-state index in [1.807, 2.05) is 6.92 Å². The van der Waals surface area contributed by atoms with Crippen LogP contribution in [0.15, 0.2) is 12.7 Å². The summed E-state index contributed by atoms with van der Waals surface area (Å²) in [5, 5.41) is 0. The number of alkyl halides is 2. The average molecular weight is 190 g/mol. The highest BCUT2D eigenvalue weighted by Crippen LogP contribution is 2.27. The molecule has 0 aliphatic heterocycles. The topological polar surface area (TPSA) is 0 Å². The van der Waals surface area contributed by atoms with Crippen molar-refractivity contribution in [3.63, 3.8) is 0 Å². The molecule has 0 aliphatic carbocycles. The van der Waals surface area contributed by atoms with Crippen LogP contribution in [-0.4, -0.2) is 5.92 Å². The predicted octanol–water partition coefficient (Wildman–Crippen LogP) is 4.56. The molecule has 0 aromatic carbocycles. The van der Waals surface area contributed by atoms with Crippen molar-refractivity contribution in [2.24, 2.45) is 0 Å². The largest absolute Gasteiger partial charge is 0.248 e. The van der Waals surface area contributed by atoms with Crippen LogP contribution in [0.5, 0.6) is 0 Å². The third kappa shape index (κ3) is 7.94. The lowest BCUT2D eigenvalue weighted by atomic mass is 10.0. The molecule has 0 unspecified atom stereocenters. The Hall–Kier alpha value is -0.400. The minimum atomic E-state index is -2.45. The van der Waals surface area contributed by atoms with Gasteiger partial charge in [-0.2, -0.15) is 0 Å². The fraction of sp³-hybridized carbons (Fsp3) is 0.818. The highest BCUT2D eigenvalue weighted by Gasteiger charge is 2.26. The monoisotopic (exact) mass is 190 g/mol. The highest BCUT2D eigenvalue weighted by atomic mass is 19.3. The fourth-order valence-electron chi connectivity index (χ4n) is 1.26. The van der Waals surface area contributed by atoms with E-state index in [4.69, 9.17) is 0 Å². The van der Waals surface area contributed by atoms with Crippen molar-refractivity contribution in [3.05, 3.63) is 12.7 Å². The molecule has 0 aliphatic rings. The van der Waals surface area contributed by atoms with Crippen LogP contribution in [0, 0.1) is 0 Å². The van der Waals surface area contributed by atoms with Gasteiger partial charge in [-0.15, -0.1) is 6.58 Å². The number of halogens is 2. The van der Waals surface area contributed by atoms with Crippen molar-refractivity contribution < 1.29 is 8.78 Å². The summed E-state index contributed by atoms with van der Waals surface area (Å²) in [4.78, 5) is 0. The lowest BCUT2D eigenvalue weighted by Crippen LogP contribution is -2.15. The first-order valence-electron chi connectivity index (χ1n) is 5.11. The number of rotatable bonds is 8. The summed E-state index contributed by atoms with van der Waals surface area (Å²) in [6.07, 6.45) is 5.59. The SMILES string of the molecule is C=CCCCC(F)(F)CCCCC. The molecule has 0 bridgehead atoms. The van der Waals surface area contributed by atoms with Gasteiger partial charge < -0.3 is 0 Å². The van der Waals surface area contributed by atoms with Crippen molar-refractivity contribution >= 4 is 0 Å². The van der Waals surface area contributed by atoms with Crippen LogP contribution in [0.2, 0.25) is 0 Å². The molecule has 0 rings (SSSR count). The van der Waals surface area contributed by atoms with Crippen molar-refractivity contribution in [1.82, 2.24) is 0 Å². The van der Waals surface area contributed by atoms with Crippen LogP contribution in [0.3, 0.4) is 0 Å². The minimum Gasteiger partial charge on any atom is -0.207 e. The molecule has 0 N–H and O–H groups in total. The zero-order chi connectivity index (χ0) is 10.2. The summed E-state index contributed by atoms with van der Waals surface area (Å²) in [5.74, 6) is -2.45. The minimum absolute atomic E-state index is 0.0166. The first-order valence-corrected chi connectivity index (χ1v) is 5.11. The van der Waals surface area contributed by atoms with Crippen LogP contribution in [0.25, 0.3) is 0 Å². The van der Waals surface area contributed by atoms with Crippen molar-refractivity contribution in [3.8, 4) is 0 Å². The molecular weight excluding hydrogens is 170 g/mol. The maximum atomic E-state index is 13.0. The van der Waals surface area contributed by atoms with Crippen LogP contribution in [-0.2, 0) is 0 Å². The first-order chi connectivity index (χ1) is 6.12. The second-order valence-corrected chi connectivity index (χ2v) is 3.49. The van der Waals surface area contributed by atoms with Gasteiger partial charge in [0.05, 0.1) is 0 Å². The quantitative estimate of drug-likeness (QED) is 0.389. The van der Waals surface area contributed by atoms with Gasteiger partial charge in [-0.3, -0.25) is 0 Å². The van der Waals surface area contributed by atoms with Gasteiger partial charge in [0.15, 0.2) is 0 Å². The molecule has 0 atom stereocenters. The molecule has 0 aromatic heterocycles. The average Bonchev–Trinajstić information content (AvgIpc) is 2.05. The van der Waals surface area contributed by atoms with Crippen molar-refractivity contribution in [2.75, 3.05) is 0 Å². The van der Waals surface area contributed by atoms with E-state index in [1.54, 1.807) is 6.08 Å². The van der Waals surface area contributed by atoms with E-state index in [9.17, 15) is 8.78 Å². The van der Waals surface area contributed by atoms with Crippen LogP contribution in [0.4, 0.5) is 8.78 Å². The normalized spacial score (nSPS) is 11.6. The van der Waals surface area contributed by atoms with E-state index < -0.39 is 5.92 Å². The highest BCUT2D eigenvalue weighted by molar-refractivity contribution is 4.71. The predicted molar refractivity (Wildman–Crippen MR) is 53.1 cm³/mol. The number of hydrogen-bond acceptors (Lipinski definition) is 0. The number of unbranched alkanes of at least 4 members (excludes halogenated alkanes) is 3. The lowest BCUT2D eigenvalue weighted by molar-refractivity contribution is -0.0198. The smallest absolute Gasteiger partial charge is 0.207 e. The Morgan fingerprint density at radius 1 is 1.15 bits per heavy atom. The number of hydrogen-bond donors (Lipinski definition) is 0. The van der Waals surface area contributed by atoms with E-state index >= 15 is 0 Å². The van der Waals surface area contributed by atoms with E-state index in [0.29, 0.717) is 19.3 Å². The Kier molecular flexibility index (Phi) is 6.83. The van der Waals surface area contributed by atoms with Crippen molar-refractivity contribution in [1.29, 1.82) is 0 Å². The van der Waals surface area contributed by atoms with Crippen LogP contribution >= 0.6 is 0 Å². The summed E-state index contributed by atoms with van der Waals surface area (Å²) in [7, 11) is 0. The Morgan fingerprint density at radius 2 is 1.77 bits per heavy atom. The van der Waals surface area contributed by atoms with Gasteiger partial charge in [-0.1, -0.05) is 25.8 Å². The van der Waals surface area contributed by atoms with Gasteiger partial charge in [0, 0.05) is 12.8 Å². The Labute approximate surface area is 80.0 Å². The third-order valence-electron chi connectivity index (χ3n) is 2.10. The molecule has 0 saturated heterocycles. The Morgan fingerprint density at radius 3 is 2.31 bits per heavy atom. The molecule has 0 aromatic rings. The lowest BCUT2D eigenvalue weighted by Gasteiger charge is -2.15. The molecule has 0 heterocycles. The standard InChI is InChI=1S/C11H20F2/c1-3-5-7-9-11(12,13)10-8-6-4-2/h3H,1,4-10H2,2H3. The summed E-state index contributed by atoms with van der Waals surface area (Å²) in [5.41, 5.74) is 0. The van der Waals surface area contributed by atoms with Gasteiger partial charge in [-0.25, -0.2) is 8.78 Å². The fourth-order valence-corrected chi connectivity index (χ4v) is 1.26. The zero-order valence-electron chi connectivity index (χ0n) is 8.49. The summed E-state index contributed by atoms with van der Waals surface area (Å²) in [6, 6.07) is 0. The van der Waals surface area contributed by atoms with Crippen LogP contribution in [0.1, 0.15) is 51.9 Å². The molecule has 78 valence electrons. The maximum Gasteiger partial charge on any atom is 0.248 e. The molecule has 0 nitrogen and oxygen atoms in total. The van der Waals surface area contributed by atoms with Gasteiger partial charge >= 0.3 is 0 Å². The molecule has 2 heteroatoms.